The van der Waals surface area contributed by atoms with Crippen LogP contribution in [-0.4, -0.2) is 35.2 Å². The van der Waals surface area contributed by atoms with Gasteiger partial charge in [0.15, 0.2) is 0 Å². The molecule has 3 rings (SSSR count). The SMILES string of the molecule is CCC1(C(=O)NC2CCOC3(C2)CC(C(=O)O)C3)CCCCC1. The van der Waals surface area contributed by atoms with Gasteiger partial charge in [-0.1, -0.05) is 26.2 Å². The van der Waals surface area contributed by atoms with E-state index in [1.807, 2.05) is 0 Å². The smallest absolute Gasteiger partial charge is 0.306 e. The summed E-state index contributed by atoms with van der Waals surface area (Å²) in [7, 11) is 0. The van der Waals surface area contributed by atoms with Gasteiger partial charge in [0.1, 0.15) is 0 Å². The van der Waals surface area contributed by atoms with E-state index in [0.29, 0.717) is 19.4 Å². The molecule has 130 valence electrons. The van der Waals surface area contributed by atoms with Gasteiger partial charge in [-0.3, -0.25) is 9.59 Å². The zero-order chi connectivity index (χ0) is 16.5. The molecule has 0 radical (unpaired) electrons. The van der Waals surface area contributed by atoms with Crippen LogP contribution in [0.4, 0.5) is 0 Å². The fraction of sp³-hybridized carbons (Fsp3) is 0.889. The Morgan fingerprint density at radius 1 is 1.17 bits per heavy atom. The highest BCUT2D eigenvalue weighted by atomic mass is 16.5. The van der Waals surface area contributed by atoms with Crippen molar-refractivity contribution in [3.8, 4) is 0 Å². The summed E-state index contributed by atoms with van der Waals surface area (Å²) in [6, 6.07) is 0.136. The number of amides is 1. The normalized spacial score (nSPS) is 36.2. The topological polar surface area (TPSA) is 75.6 Å². The van der Waals surface area contributed by atoms with Crippen molar-refractivity contribution in [2.45, 2.75) is 82.8 Å². The third kappa shape index (κ3) is 3.25. The Labute approximate surface area is 138 Å². The molecule has 2 aliphatic carbocycles. The molecule has 5 nitrogen and oxygen atoms in total. The highest BCUT2D eigenvalue weighted by Crippen LogP contribution is 2.47. The predicted molar refractivity (Wildman–Crippen MR) is 86.0 cm³/mol. The molecule has 3 fully saturated rings. The van der Waals surface area contributed by atoms with Crippen LogP contribution in [0.1, 0.15) is 71.1 Å². The number of ether oxygens (including phenoxy) is 1. The lowest BCUT2D eigenvalue weighted by molar-refractivity contribution is -0.182. The molecule has 3 aliphatic rings. The molecular formula is C18H29NO4. The zero-order valence-electron chi connectivity index (χ0n) is 14.1. The van der Waals surface area contributed by atoms with Crippen LogP contribution < -0.4 is 5.32 Å². The van der Waals surface area contributed by atoms with Crippen molar-refractivity contribution in [1.29, 1.82) is 0 Å². The molecule has 1 saturated heterocycles. The highest BCUT2D eigenvalue weighted by molar-refractivity contribution is 5.83. The van der Waals surface area contributed by atoms with E-state index in [4.69, 9.17) is 9.84 Å². The van der Waals surface area contributed by atoms with Gasteiger partial charge in [0.25, 0.3) is 0 Å². The number of hydrogen-bond acceptors (Lipinski definition) is 3. The minimum absolute atomic E-state index is 0.136. The second kappa shape index (κ2) is 6.42. The average molecular weight is 323 g/mol. The second-order valence-corrected chi connectivity index (χ2v) is 7.83. The maximum absolute atomic E-state index is 12.9. The minimum atomic E-state index is -0.725. The Bertz CT molecular complexity index is 464. The Kier molecular flexibility index (Phi) is 4.68. The van der Waals surface area contributed by atoms with Gasteiger partial charge < -0.3 is 15.2 Å². The summed E-state index contributed by atoms with van der Waals surface area (Å²) in [5, 5.41) is 12.4. The van der Waals surface area contributed by atoms with Gasteiger partial charge in [-0.15, -0.1) is 0 Å². The number of carbonyl (C=O) groups is 2. The van der Waals surface area contributed by atoms with Gasteiger partial charge in [0.05, 0.1) is 11.5 Å². The van der Waals surface area contributed by atoms with E-state index in [0.717, 1.165) is 44.9 Å². The molecule has 23 heavy (non-hydrogen) atoms. The molecule has 1 heterocycles. The van der Waals surface area contributed by atoms with E-state index in [-0.39, 0.29) is 28.9 Å². The molecule has 0 bridgehead atoms. The largest absolute Gasteiger partial charge is 0.481 e. The van der Waals surface area contributed by atoms with Crippen molar-refractivity contribution in [3.05, 3.63) is 0 Å². The van der Waals surface area contributed by atoms with Crippen LogP contribution in [0.25, 0.3) is 0 Å². The maximum Gasteiger partial charge on any atom is 0.306 e. The molecule has 1 amide bonds. The molecule has 1 unspecified atom stereocenters. The van der Waals surface area contributed by atoms with Crippen molar-refractivity contribution < 1.29 is 19.4 Å². The number of carboxylic acid groups (broad SMARTS) is 1. The first-order valence-electron chi connectivity index (χ1n) is 9.16. The Hall–Kier alpha value is -1.10. The summed E-state index contributed by atoms with van der Waals surface area (Å²) < 4.78 is 5.88. The average Bonchev–Trinajstić information content (AvgIpc) is 2.53. The Morgan fingerprint density at radius 3 is 2.48 bits per heavy atom. The number of aliphatic carboxylic acids is 1. The standard InChI is InChI=1S/C18H29NO4/c1-2-17(7-4-3-5-8-17)16(22)19-14-6-9-23-18(12-14)10-13(11-18)15(20)21/h13-14H,2-12H2,1H3,(H,19,22)(H,20,21). The minimum Gasteiger partial charge on any atom is -0.481 e. The number of carbonyl (C=O) groups excluding carboxylic acids is 1. The molecule has 1 atom stereocenters. The van der Waals surface area contributed by atoms with Crippen LogP contribution >= 0.6 is 0 Å². The number of hydrogen-bond donors (Lipinski definition) is 2. The molecule has 2 saturated carbocycles. The van der Waals surface area contributed by atoms with E-state index in [9.17, 15) is 9.59 Å². The van der Waals surface area contributed by atoms with Crippen LogP contribution in [0.5, 0.6) is 0 Å². The molecule has 1 spiro atoms. The predicted octanol–water partition coefficient (Wildman–Crippen LogP) is 2.88. The van der Waals surface area contributed by atoms with Crippen molar-refractivity contribution in [2.24, 2.45) is 11.3 Å². The summed E-state index contributed by atoms with van der Waals surface area (Å²) >= 11 is 0. The Morgan fingerprint density at radius 2 is 1.87 bits per heavy atom. The number of carboxylic acids is 1. The van der Waals surface area contributed by atoms with Gasteiger partial charge >= 0.3 is 5.97 Å². The van der Waals surface area contributed by atoms with Crippen LogP contribution in [0.2, 0.25) is 0 Å². The van der Waals surface area contributed by atoms with E-state index >= 15 is 0 Å². The zero-order valence-corrected chi connectivity index (χ0v) is 14.1. The molecular weight excluding hydrogens is 294 g/mol. The van der Waals surface area contributed by atoms with E-state index in [1.165, 1.54) is 6.42 Å². The van der Waals surface area contributed by atoms with Crippen molar-refractivity contribution >= 4 is 11.9 Å². The lowest BCUT2D eigenvalue weighted by Crippen LogP contribution is -2.57. The first-order chi connectivity index (χ1) is 11.0. The van der Waals surface area contributed by atoms with Crippen molar-refractivity contribution in [2.75, 3.05) is 6.61 Å². The fourth-order valence-corrected chi connectivity index (χ4v) is 4.76. The fourth-order valence-electron chi connectivity index (χ4n) is 4.76. The van der Waals surface area contributed by atoms with E-state index in [1.54, 1.807) is 0 Å². The second-order valence-electron chi connectivity index (χ2n) is 7.83. The molecule has 0 aromatic heterocycles. The molecule has 5 heteroatoms. The van der Waals surface area contributed by atoms with Crippen LogP contribution in [0, 0.1) is 11.3 Å². The van der Waals surface area contributed by atoms with Gasteiger partial charge in [-0.05, 0) is 44.9 Å². The van der Waals surface area contributed by atoms with Crippen molar-refractivity contribution in [1.82, 2.24) is 5.32 Å². The van der Waals surface area contributed by atoms with Gasteiger partial charge in [0.2, 0.25) is 5.91 Å². The van der Waals surface area contributed by atoms with Gasteiger partial charge in [-0.25, -0.2) is 0 Å². The highest BCUT2D eigenvalue weighted by Gasteiger charge is 2.51. The summed E-state index contributed by atoms with van der Waals surface area (Å²) in [5.74, 6) is -0.779. The van der Waals surface area contributed by atoms with Crippen molar-refractivity contribution in [3.63, 3.8) is 0 Å². The third-order valence-corrected chi connectivity index (χ3v) is 6.38. The number of nitrogens with one attached hydrogen (secondary N) is 1. The molecule has 2 N–H and O–H groups in total. The summed E-state index contributed by atoms with van der Waals surface area (Å²) in [5.41, 5.74) is -0.474. The quantitative estimate of drug-likeness (QED) is 0.834. The van der Waals surface area contributed by atoms with Crippen LogP contribution in [0.15, 0.2) is 0 Å². The van der Waals surface area contributed by atoms with Crippen LogP contribution in [-0.2, 0) is 14.3 Å². The first-order valence-corrected chi connectivity index (χ1v) is 9.16. The van der Waals surface area contributed by atoms with E-state index < -0.39 is 5.97 Å². The lowest BCUT2D eigenvalue weighted by atomic mass is 9.66. The van der Waals surface area contributed by atoms with Gasteiger partial charge in [-0.2, -0.15) is 0 Å². The first kappa shape index (κ1) is 16.7. The molecule has 1 aliphatic heterocycles. The maximum atomic E-state index is 12.9. The van der Waals surface area contributed by atoms with Gasteiger partial charge in [0, 0.05) is 18.1 Å². The lowest BCUT2D eigenvalue weighted by Gasteiger charge is -2.50. The summed E-state index contributed by atoms with van der Waals surface area (Å²) in [6.07, 6.45) is 9.25. The summed E-state index contributed by atoms with van der Waals surface area (Å²) in [4.78, 5) is 23.9. The molecule has 0 aromatic rings. The third-order valence-electron chi connectivity index (χ3n) is 6.38. The Balaban J connectivity index is 1.57. The van der Waals surface area contributed by atoms with E-state index in [2.05, 4.69) is 12.2 Å². The van der Waals surface area contributed by atoms with Crippen LogP contribution in [0.3, 0.4) is 0 Å². The number of rotatable bonds is 4. The summed E-state index contributed by atoms with van der Waals surface area (Å²) in [6.45, 7) is 2.75. The monoisotopic (exact) mass is 323 g/mol. The molecule has 0 aromatic carbocycles.